The minimum absolute atomic E-state index is 0.734. The number of anilines is 1. The first kappa shape index (κ1) is 19.0. The second-order valence-electron chi connectivity index (χ2n) is 7.55. The highest BCUT2D eigenvalue weighted by Crippen LogP contribution is 2.25. The van der Waals surface area contributed by atoms with Crippen LogP contribution in [0.25, 0.3) is 33.3 Å². The lowest BCUT2D eigenvalue weighted by atomic mass is 10.0. The number of aromatic amines is 1. The molecule has 3 heterocycles. The lowest BCUT2D eigenvalue weighted by molar-refractivity contribution is 0.988. The van der Waals surface area contributed by atoms with Gasteiger partial charge in [0.15, 0.2) is 0 Å². The van der Waals surface area contributed by atoms with Crippen LogP contribution in [0.15, 0.2) is 85.3 Å². The number of H-pyrrole nitrogens is 1. The summed E-state index contributed by atoms with van der Waals surface area (Å²) in [5.41, 5.74) is 6.53. The van der Waals surface area contributed by atoms with E-state index in [-0.39, 0.29) is 0 Å². The van der Waals surface area contributed by atoms with Crippen LogP contribution in [0, 0.1) is 6.92 Å². The molecule has 5 heteroatoms. The van der Waals surface area contributed by atoms with E-state index in [9.17, 15) is 0 Å². The molecule has 5 nitrogen and oxygen atoms in total. The molecule has 0 amide bonds. The van der Waals surface area contributed by atoms with Crippen molar-refractivity contribution in [3.8, 4) is 22.4 Å². The van der Waals surface area contributed by atoms with Crippen molar-refractivity contribution in [2.45, 2.75) is 13.3 Å². The Hall–Kier alpha value is -3.99. The largest absolute Gasteiger partial charge is 0.370 e. The first-order valence-electron chi connectivity index (χ1n) is 10.4. The van der Waals surface area contributed by atoms with E-state index in [1.54, 1.807) is 0 Å². The van der Waals surface area contributed by atoms with Crippen molar-refractivity contribution in [1.29, 1.82) is 0 Å². The normalized spacial score (nSPS) is 11.0. The van der Waals surface area contributed by atoms with Crippen LogP contribution >= 0.6 is 0 Å². The maximum atomic E-state index is 4.64. The molecule has 0 aliphatic carbocycles. The van der Waals surface area contributed by atoms with Gasteiger partial charge in [0.25, 0.3) is 0 Å². The predicted octanol–water partition coefficient (Wildman–Crippen LogP) is 5.65. The molecule has 0 aliphatic rings. The molecule has 0 unspecified atom stereocenters. The highest BCUT2D eigenvalue weighted by Gasteiger charge is 2.08. The van der Waals surface area contributed by atoms with Gasteiger partial charge in [-0.2, -0.15) is 0 Å². The predicted molar refractivity (Wildman–Crippen MR) is 126 cm³/mol. The molecule has 0 saturated heterocycles. The molecule has 0 bridgehead atoms. The summed E-state index contributed by atoms with van der Waals surface area (Å²) < 4.78 is 0. The van der Waals surface area contributed by atoms with E-state index >= 15 is 0 Å². The third-order valence-electron chi connectivity index (χ3n) is 5.35. The summed E-state index contributed by atoms with van der Waals surface area (Å²) in [6.07, 6.45) is 6.73. The van der Waals surface area contributed by atoms with Gasteiger partial charge in [0.1, 0.15) is 11.6 Å². The van der Waals surface area contributed by atoms with Crippen LogP contribution in [-0.4, -0.2) is 26.5 Å². The summed E-state index contributed by atoms with van der Waals surface area (Å²) >= 11 is 0. The lowest BCUT2D eigenvalue weighted by Crippen LogP contribution is -2.07. The van der Waals surface area contributed by atoms with Gasteiger partial charge in [-0.05, 0) is 36.6 Å². The molecule has 152 valence electrons. The van der Waals surface area contributed by atoms with Gasteiger partial charge in [0.05, 0.1) is 5.69 Å². The Bertz CT molecular complexity index is 1320. The Labute approximate surface area is 181 Å². The standard InChI is InChI=1S/C26H23N5/c1-18-30-25(22-13-21(15-27-16-22)19-7-3-2-4-8-19)14-26(31-18)28-12-11-20-17-29-24-10-6-5-9-23(20)24/h2-10,13-17,29H,11-12H2,1H3,(H,28,30,31). The SMILES string of the molecule is Cc1nc(NCCc2c[nH]c3ccccc23)cc(-c2cncc(-c3ccccc3)c2)n1. The lowest BCUT2D eigenvalue weighted by Gasteiger charge is -2.10. The van der Waals surface area contributed by atoms with Crippen molar-refractivity contribution in [2.75, 3.05) is 11.9 Å². The van der Waals surface area contributed by atoms with E-state index in [4.69, 9.17) is 0 Å². The van der Waals surface area contributed by atoms with Crippen molar-refractivity contribution < 1.29 is 0 Å². The van der Waals surface area contributed by atoms with Crippen LogP contribution in [0.4, 0.5) is 5.82 Å². The van der Waals surface area contributed by atoms with E-state index < -0.39 is 0 Å². The summed E-state index contributed by atoms with van der Waals surface area (Å²) in [7, 11) is 0. The Morgan fingerprint density at radius 2 is 1.65 bits per heavy atom. The summed E-state index contributed by atoms with van der Waals surface area (Å²) in [6.45, 7) is 2.71. The van der Waals surface area contributed by atoms with Gasteiger partial charge in [0, 0.05) is 53.2 Å². The molecule has 0 atom stereocenters. The highest BCUT2D eigenvalue weighted by molar-refractivity contribution is 5.83. The molecular formula is C26H23N5. The number of fused-ring (bicyclic) bond motifs is 1. The zero-order chi connectivity index (χ0) is 21.0. The average molecular weight is 406 g/mol. The number of nitrogens with zero attached hydrogens (tertiary/aromatic N) is 3. The van der Waals surface area contributed by atoms with E-state index in [0.717, 1.165) is 47.0 Å². The summed E-state index contributed by atoms with van der Waals surface area (Å²) in [6, 6.07) is 22.8. The van der Waals surface area contributed by atoms with E-state index in [1.165, 1.54) is 16.5 Å². The number of pyridine rings is 1. The smallest absolute Gasteiger partial charge is 0.130 e. The van der Waals surface area contributed by atoms with E-state index in [2.05, 4.69) is 67.8 Å². The number of aromatic nitrogens is 4. The molecule has 0 spiro atoms. The zero-order valence-electron chi connectivity index (χ0n) is 17.3. The molecule has 3 aromatic heterocycles. The average Bonchev–Trinajstić information content (AvgIpc) is 3.23. The third kappa shape index (κ3) is 4.16. The Morgan fingerprint density at radius 1 is 0.839 bits per heavy atom. The number of rotatable bonds is 6. The number of hydrogen-bond donors (Lipinski definition) is 2. The highest BCUT2D eigenvalue weighted by atomic mass is 15.0. The van der Waals surface area contributed by atoms with Gasteiger partial charge in [-0.25, -0.2) is 9.97 Å². The number of benzene rings is 2. The molecule has 2 aromatic carbocycles. The molecule has 2 N–H and O–H groups in total. The van der Waals surface area contributed by atoms with Crippen molar-refractivity contribution in [1.82, 2.24) is 19.9 Å². The van der Waals surface area contributed by atoms with Crippen molar-refractivity contribution in [3.63, 3.8) is 0 Å². The number of para-hydroxylation sites is 1. The Balaban J connectivity index is 1.35. The fourth-order valence-electron chi connectivity index (χ4n) is 3.84. The maximum absolute atomic E-state index is 4.64. The van der Waals surface area contributed by atoms with Gasteiger partial charge in [-0.15, -0.1) is 0 Å². The van der Waals surface area contributed by atoms with Crippen LogP contribution in [0.2, 0.25) is 0 Å². The zero-order valence-corrected chi connectivity index (χ0v) is 17.3. The monoisotopic (exact) mass is 405 g/mol. The molecule has 0 radical (unpaired) electrons. The Morgan fingerprint density at radius 3 is 2.55 bits per heavy atom. The van der Waals surface area contributed by atoms with Gasteiger partial charge in [0.2, 0.25) is 0 Å². The maximum Gasteiger partial charge on any atom is 0.130 e. The van der Waals surface area contributed by atoms with E-state index in [1.807, 2.05) is 49.6 Å². The summed E-state index contributed by atoms with van der Waals surface area (Å²) in [4.78, 5) is 17.0. The third-order valence-corrected chi connectivity index (χ3v) is 5.35. The molecule has 0 saturated carbocycles. The summed E-state index contributed by atoms with van der Waals surface area (Å²) in [5, 5.41) is 4.73. The van der Waals surface area contributed by atoms with Crippen LogP contribution in [0.5, 0.6) is 0 Å². The molecule has 5 aromatic rings. The fraction of sp³-hybridized carbons (Fsp3) is 0.115. The summed E-state index contributed by atoms with van der Waals surface area (Å²) in [5.74, 6) is 1.56. The van der Waals surface area contributed by atoms with Crippen molar-refractivity contribution in [2.24, 2.45) is 0 Å². The van der Waals surface area contributed by atoms with Crippen LogP contribution < -0.4 is 5.32 Å². The minimum atomic E-state index is 0.734. The number of hydrogen-bond acceptors (Lipinski definition) is 4. The molecular weight excluding hydrogens is 382 g/mol. The molecule has 0 aliphatic heterocycles. The molecule has 5 rings (SSSR count). The van der Waals surface area contributed by atoms with Crippen LogP contribution in [0.3, 0.4) is 0 Å². The van der Waals surface area contributed by atoms with Crippen LogP contribution in [-0.2, 0) is 6.42 Å². The quantitative estimate of drug-likeness (QED) is 0.383. The molecule has 31 heavy (non-hydrogen) atoms. The van der Waals surface area contributed by atoms with Crippen molar-refractivity contribution in [3.05, 3.63) is 96.7 Å². The van der Waals surface area contributed by atoms with Crippen LogP contribution in [0.1, 0.15) is 11.4 Å². The number of nitrogens with one attached hydrogen (secondary N) is 2. The second-order valence-corrected chi connectivity index (χ2v) is 7.55. The first-order chi connectivity index (χ1) is 15.3. The minimum Gasteiger partial charge on any atom is -0.370 e. The van der Waals surface area contributed by atoms with E-state index in [0.29, 0.717) is 0 Å². The van der Waals surface area contributed by atoms with Gasteiger partial charge < -0.3 is 10.3 Å². The molecule has 0 fully saturated rings. The number of aryl methyl sites for hydroxylation is 1. The second kappa shape index (κ2) is 8.40. The topological polar surface area (TPSA) is 66.5 Å². The van der Waals surface area contributed by atoms with Gasteiger partial charge >= 0.3 is 0 Å². The fourth-order valence-corrected chi connectivity index (χ4v) is 3.84. The van der Waals surface area contributed by atoms with Gasteiger partial charge in [-0.1, -0.05) is 48.5 Å². The first-order valence-corrected chi connectivity index (χ1v) is 10.4. The van der Waals surface area contributed by atoms with Gasteiger partial charge in [-0.3, -0.25) is 4.98 Å². The Kier molecular flexibility index (Phi) is 5.15. The van der Waals surface area contributed by atoms with Crippen molar-refractivity contribution >= 4 is 16.7 Å².